The van der Waals surface area contributed by atoms with Crippen LogP contribution in [0, 0.1) is 0 Å². The Bertz CT molecular complexity index is 1730. The van der Waals surface area contributed by atoms with Gasteiger partial charge in [-0.1, -0.05) is 54.6 Å². The van der Waals surface area contributed by atoms with E-state index in [1.54, 1.807) is 16.7 Å². The first kappa shape index (κ1) is 26.5. The van der Waals surface area contributed by atoms with Crippen LogP contribution >= 0.6 is 0 Å². The molecule has 0 bridgehead atoms. The lowest BCUT2D eigenvalue weighted by Gasteiger charge is -2.40. The number of nitrogens with one attached hydrogen (secondary N) is 1. The van der Waals surface area contributed by atoms with Gasteiger partial charge in [0.15, 0.2) is 0 Å². The topological polar surface area (TPSA) is 123 Å². The maximum atomic E-state index is 12.8. The highest BCUT2D eigenvalue weighted by molar-refractivity contribution is 5.95. The maximum absolute atomic E-state index is 12.8. The van der Waals surface area contributed by atoms with Gasteiger partial charge in [-0.3, -0.25) is 10.2 Å². The van der Waals surface area contributed by atoms with E-state index in [1.165, 1.54) is 5.56 Å². The number of hydrogen-bond donors (Lipinski definition) is 3. The van der Waals surface area contributed by atoms with Crippen molar-refractivity contribution in [3.63, 3.8) is 0 Å². The number of pyridine rings is 1. The lowest BCUT2D eigenvalue weighted by Crippen LogP contribution is -2.50. The van der Waals surface area contributed by atoms with Gasteiger partial charge in [-0.15, -0.1) is 0 Å². The van der Waals surface area contributed by atoms with Crippen LogP contribution in [0.3, 0.4) is 0 Å². The molecule has 9 heteroatoms. The summed E-state index contributed by atoms with van der Waals surface area (Å²) in [5.74, 6) is -1.04. The van der Waals surface area contributed by atoms with E-state index >= 15 is 0 Å². The molecule has 3 heterocycles. The first-order valence-electron chi connectivity index (χ1n) is 13.6. The minimum Gasteiger partial charge on any atom is -0.477 e. The second-order valence-electron chi connectivity index (χ2n) is 10.3. The molecule has 1 unspecified atom stereocenters. The number of fused-ring (bicyclic) bond motifs is 2. The highest BCUT2D eigenvalue weighted by atomic mass is 16.5. The zero-order valence-corrected chi connectivity index (χ0v) is 22.5. The third-order valence-corrected chi connectivity index (χ3v) is 7.65. The second-order valence-corrected chi connectivity index (χ2v) is 10.3. The first-order valence-corrected chi connectivity index (χ1v) is 13.6. The summed E-state index contributed by atoms with van der Waals surface area (Å²) in [5.41, 5.74) is 9.80. The number of aromatic nitrogens is 2. The summed E-state index contributed by atoms with van der Waals surface area (Å²) in [6.45, 7) is 2.61. The first-order chi connectivity index (χ1) is 20.0. The van der Waals surface area contributed by atoms with Crippen LogP contribution in [-0.4, -0.2) is 50.8 Å². The number of rotatable bonds is 9. The average Bonchev–Trinajstić information content (AvgIpc) is 3.33. The number of anilines is 1. The predicted molar refractivity (Wildman–Crippen MR) is 158 cm³/mol. The number of hydrogen-bond acceptors (Lipinski definition) is 6. The van der Waals surface area contributed by atoms with Crippen LogP contribution in [0.25, 0.3) is 21.8 Å². The Hall–Kier alpha value is -4.73. The number of nitrogens with two attached hydrogens (primary N) is 1. The Morgan fingerprint density at radius 1 is 0.976 bits per heavy atom. The number of nitrogens with zero attached hydrogens (tertiary/aromatic N) is 3. The van der Waals surface area contributed by atoms with Gasteiger partial charge in [-0.25, -0.2) is 14.6 Å². The van der Waals surface area contributed by atoms with Gasteiger partial charge in [0.05, 0.1) is 12.2 Å². The molecule has 0 saturated carbocycles. The highest BCUT2D eigenvalue weighted by Crippen LogP contribution is 2.28. The molecule has 41 heavy (non-hydrogen) atoms. The molecule has 1 aliphatic rings. The molecule has 4 N–H and O–H groups in total. The number of carbonyl (C=O) groups excluding carboxylic acids is 1. The van der Waals surface area contributed by atoms with Crippen molar-refractivity contribution in [2.75, 3.05) is 18.5 Å². The van der Waals surface area contributed by atoms with E-state index in [1.807, 2.05) is 60.7 Å². The van der Waals surface area contributed by atoms with E-state index in [0.29, 0.717) is 23.6 Å². The van der Waals surface area contributed by atoms with Crippen molar-refractivity contribution < 1.29 is 19.4 Å². The number of aromatic carboxylic acids is 1. The number of amides is 1. The minimum atomic E-state index is -1.04. The Kier molecular flexibility index (Phi) is 7.37. The van der Waals surface area contributed by atoms with Gasteiger partial charge in [0, 0.05) is 36.7 Å². The quantitative estimate of drug-likeness (QED) is 0.230. The van der Waals surface area contributed by atoms with Crippen LogP contribution < -0.4 is 11.1 Å². The summed E-state index contributed by atoms with van der Waals surface area (Å²) in [5, 5.41) is 15.4. The summed E-state index contributed by atoms with van der Waals surface area (Å²) < 4.78 is 7.29. The Balaban J connectivity index is 1.21. The molecule has 9 nitrogen and oxygen atoms in total. The molecule has 0 radical (unpaired) electrons. The molecule has 1 aliphatic heterocycles. The molecule has 1 saturated heterocycles. The van der Waals surface area contributed by atoms with Gasteiger partial charge in [0.1, 0.15) is 17.9 Å². The van der Waals surface area contributed by atoms with Crippen molar-refractivity contribution in [3.8, 4) is 0 Å². The van der Waals surface area contributed by atoms with Crippen LogP contribution in [0.15, 0.2) is 84.9 Å². The molecule has 0 spiro atoms. The molecule has 1 atom stereocenters. The third kappa shape index (κ3) is 5.63. The van der Waals surface area contributed by atoms with Crippen molar-refractivity contribution in [1.82, 2.24) is 14.5 Å². The van der Waals surface area contributed by atoms with Crippen molar-refractivity contribution in [1.29, 1.82) is 0 Å². The van der Waals surface area contributed by atoms with Crippen LogP contribution in [0.5, 0.6) is 0 Å². The van der Waals surface area contributed by atoms with Crippen LogP contribution in [0.4, 0.5) is 10.5 Å². The van der Waals surface area contributed by atoms with E-state index in [9.17, 15) is 14.7 Å². The van der Waals surface area contributed by atoms with Crippen molar-refractivity contribution >= 4 is 39.6 Å². The summed E-state index contributed by atoms with van der Waals surface area (Å²) in [7, 11) is 0. The van der Waals surface area contributed by atoms with Gasteiger partial charge in [0.2, 0.25) is 0 Å². The number of benzene rings is 3. The van der Waals surface area contributed by atoms with Crippen LogP contribution in [-0.2, 0) is 24.4 Å². The van der Waals surface area contributed by atoms with Gasteiger partial charge >= 0.3 is 12.1 Å². The maximum Gasteiger partial charge on any atom is 0.411 e. The van der Waals surface area contributed by atoms with Crippen LogP contribution in [0.1, 0.15) is 33.7 Å². The summed E-state index contributed by atoms with van der Waals surface area (Å²) in [4.78, 5) is 31.9. The third-order valence-electron chi connectivity index (χ3n) is 7.65. The van der Waals surface area contributed by atoms with E-state index in [0.717, 1.165) is 41.2 Å². The second kappa shape index (κ2) is 11.4. The fourth-order valence-corrected chi connectivity index (χ4v) is 5.42. The van der Waals surface area contributed by atoms with E-state index in [4.69, 9.17) is 10.5 Å². The largest absolute Gasteiger partial charge is 0.477 e. The molecule has 208 valence electrons. The number of ether oxygens (including phenoxy) is 1. The lowest BCUT2D eigenvalue weighted by atomic mass is 10.0. The number of likely N-dealkylation sites (tertiary alicyclic amines) is 1. The summed E-state index contributed by atoms with van der Waals surface area (Å²) >= 11 is 0. The minimum absolute atomic E-state index is 0.129. The van der Waals surface area contributed by atoms with Crippen molar-refractivity contribution in [2.24, 2.45) is 5.73 Å². The van der Waals surface area contributed by atoms with Crippen molar-refractivity contribution in [2.45, 2.75) is 32.1 Å². The lowest BCUT2D eigenvalue weighted by molar-refractivity contribution is 0.0282. The zero-order valence-electron chi connectivity index (χ0n) is 22.5. The van der Waals surface area contributed by atoms with E-state index in [-0.39, 0.29) is 24.8 Å². The molecule has 1 amide bonds. The van der Waals surface area contributed by atoms with Gasteiger partial charge in [0.25, 0.3) is 0 Å². The normalized spacial score (nSPS) is 15.1. The van der Waals surface area contributed by atoms with Crippen LogP contribution in [0.2, 0.25) is 0 Å². The average molecular weight is 550 g/mol. The smallest absolute Gasteiger partial charge is 0.411 e. The molecule has 1 fully saturated rings. The summed E-state index contributed by atoms with van der Waals surface area (Å²) in [6.07, 6.45) is 0.460. The fourth-order valence-electron chi connectivity index (χ4n) is 5.42. The van der Waals surface area contributed by atoms with Crippen molar-refractivity contribution in [3.05, 3.63) is 107 Å². The molecule has 0 aliphatic carbocycles. The molecule has 6 rings (SSSR count). The van der Waals surface area contributed by atoms with Gasteiger partial charge < -0.3 is 20.1 Å². The summed E-state index contributed by atoms with van der Waals surface area (Å²) in [6, 6.07) is 27.3. The zero-order chi connectivity index (χ0) is 28.3. The standard InChI is InChI=1S/C32H31N5O4/c33-17-25-11-10-23-16-29(31(38)39)37(30(23)34-25)19-24-15-26(14-22-8-4-5-9-28(22)24)35-32(40)41-20-27-12-13-36(27)18-21-6-2-1-3-7-21/h1-11,14-16,27H,12-13,17-20,33H2,(H,35,40)(H,38,39). The highest BCUT2D eigenvalue weighted by Gasteiger charge is 2.29. The van der Waals surface area contributed by atoms with E-state index in [2.05, 4.69) is 27.3 Å². The molecular weight excluding hydrogens is 518 g/mol. The predicted octanol–water partition coefficient (Wildman–Crippen LogP) is 5.22. The molecule has 3 aromatic carbocycles. The Labute approximate surface area is 237 Å². The molecule has 2 aromatic heterocycles. The number of carbonyl (C=O) groups is 2. The molecular formula is C32H31N5O4. The monoisotopic (exact) mass is 549 g/mol. The van der Waals surface area contributed by atoms with Gasteiger partial charge in [-0.05, 0) is 58.7 Å². The fraction of sp³-hybridized carbons (Fsp3) is 0.219. The molecule has 5 aromatic rings. The number of carboxylic acids is 1. The Morgan fingerprint density at radius 3 is 2.54 bits per heavy atom. The number of carboxylic acid groups (broad SMARTS) is 1. The Morgan fingerprint density at radius 2 is 1.78 bits per heavy atom. The van der Waals surface area contributed by atoms with Gasteiger partial charge in [-0.2, -0.15) is 0 Å². The SMILES string of the molecule is NCc1ccc2cc(C(=O)O)n(Cc3cc(NC(=O)OCC4CCN4Cc4ccccc4)cc4ccccc34)c2n1. The van der Waals surface area contributed by atoms with E-state index < -0.39 is 12.1 Å².